The van der Waals surface area contributed by atoms with Crippen molar-refractivity contribution >= 4 is 23.1 Å². The fraction of sp³-hybridized carbons (Fsp3) is 0.200. The predicted octanol–water partition coefficient (Wildman–Crippen LogP) is 4.31. The van der Waals surface area contributed by atoms with Gasteiger partial charge in [-0.3, -0.25) is 14.5 Å². The molecule has 1 aliphatic heterocycles. The van der Waals surface area contributed by atoms with Crippen molar-refractivity contribution in [3.05, 3.63) is 82.9 Å². The van der Waals surface area contributed by atoms with E-state index in [2.05, 4.69) is 5.32 Å². The lowest BCUT2D eigenvalue weighted by Gasteiger charge is -2.14. The number of nitrogens with one attached hydrogen (secondary N) is 1. The molecule has 2 aromatic carbocycles. The van der Waals surface area contributed by atoms with Crippen LogP contribution in [-0.4, -0.2) is 30.9 Å². The molecule has 164 valence electrons. The molecule has 1 aromatic heterocycles. The van der Waals surface area contributed by atoms with Crippen LogP contribution >= 0.6 is 0 Å². The highest BCUT2D eigenvalue weighted by molar-refractivity contribution is 6.36. The number of nitrogens with zero attached hydrogens (tertiary/aromatic N) is 1. The molecule has 0 fully saturated rings. The van der Waals surface area contributed by atoms with Gasteiger partial charge in [0.25, 0.3) is 11.8 Å². The van der Waals surface area contributed by atoms with E-state index in [-0.39, 0.29) is 18.1 Å². The third-order valence-electron chi connectivity index (χ3n) is 5.33. The van der Waals surface area contributed by atoms with Gasteiger partial charge in [-0.15, -0.1) is 0 Å². The second kappa shape index (κ2) is 8.63. The lowest BCUT2D eigenvalue weighted by molar-refractivity contribution is -0.137. The highest BCUT2D eigenvalue weighted by Crippen LogP contribution is 2.35. The topological polar surface area (TPSA) is 81.0 Å². The molecule has 3 aromatic rings. The smallest absolute Gasteiger partial charge is 0.278 e. The Balaban J connectivity index is 1.80. The van der Waals surface area contributed by atoms with Gasteiger partial charge >= 0.3 is 0 Å². The van der Waals surface area contributed by atoms with E-state index in [9.17, 15) is 9.59 Å². The van der Waals surface area contributed by atoms with Crippen molar-refractivity contribution in [3.8, 4) is 11.5 Å². The number of rotatable bonds is 7. The predicted molar refractivity (Wildman–Crippen MR) is 120 cm³/mol. The fourth-order valence-corrected chi connectivity index (χ4v) is 3.76. The Hall–Kier alpha value is -4.00. The van der Waals surface area contributed by atoms with Crippen molar-refractivity contribution in [2.75, 3.05) is 19.5 Å². The van der Waals surface area contributed by atoms with Crippen LogP contribution in [0, 0.1) is 13.8 Å². The lowest BCUT2D eigenvalue weighted by atomic mass is 9.97. The van der Waals surface area contributed by atoms with E-state index in [1.807, 2.05) is 32.0 Å². The summed E-state index contributed by atoms with van der Waals surface area (Å²) in [4.78, 5) is 28.0. The third-order valence-corrected chi connectivity index (χ3v) is 5.33. The molecule has 0 bridgehead atoms. The minimum atomic E-state index is -0.428. The Morgan fingerprint density at radius 3 is 2.25 bits per heavy atom. The molecule has 7 heteroatoms. The van der Waals surface area contributed by atoms with Gasteiger partial charge in [-0.25, -0.2) is 0 Å². The number of amides is 2. The zero-order valence-electron chi connectivity index (χ0n) is 18.4. The van der Waals surface area contributed by atoms with Crippen LogP contribution in [0.2, 0.25) is 0 Å². The van der Waals surface area contributed by atoms with Gasteiger partial charge < -0.3 is 19.2 Å². The summed E-state index contributed by atoms with van der Waals surface area (Å²) in [5.41, 5.74) is 3.77. The van der Waals surface area contributed by atoms with E-state index >= 15 is 0 Å². The first-order valence-corrected chi connectivity index (χ1v) is 10.1. The van der Waals surface area contributed by atoms with Gasteiger partial charge in [0, 0.05) is 23.9 Å². The maximum atomic E-state index is 13.4. The molecular weight excluding hydrogens is 408 g/mol. The summed E-state index contributed by atoms with van der Waals surface area (Å²) < 4.78 is 16.0. The van der Waals surface area contributed by atoms with Crippen LogP contribution in [0.15, 0.2) is 64.9 Å². The van der Waals surface area contributed by atoms with Crippen LogP contribution in [0.1, 0.15) is 22.5 Å². The van der Waals surface area contributed by atoms with Crippen molar-refractivity contribution < 1.29 is 23.5 Å². The lowest BCUT2D eigenvalue weighted by Crippen LogP contribution is -2.31. The minimum Gasteiger partial charge on any atom is -0.497 e. The summed E-state index contributed by atoms with van der Waals surface area (Å²) in [6, 6.07) is 14.4. The van der Waals surface area contributed by atoms with Crippen LogP contribution < -0.4 is 14.8 Å². The molecule has 1 N–H and O–H groups in total. The number of aryl methyl sites for hydroxylation is 2. The number of hydrogen-bond acceptors (Lipinski definition) is 6. The second-order valence-electron chi connectivity index (χ2n) is 7.57. The fourth-order valence-electron chi connectivity index (χ4n) is 3.76. The highest BCUT2D eigenvalue weighted by atomic mass is 16.5. The first kappa shape index (κ1) is 21.2. The molecule has 0 aliphatic carbocycles. The first-order chi connectivity index (χ1) is 15.4. The summed E-state index contributed by atoms with van der Waals surface area (Å²) in [5, 5.41) is 3.15. The normalized spacial score (nSPS) is 13.7. The summed E-state index contributed by atoms with van der Waals surface area (Å²) in [5.74, 6) is 0.837. The van der Waals surface area contributed by atoms with Gasteiger partial charge in [0.1, 0.15) is 23.0 Å². The molecule has 1 aliphatic rings. The second-order valence-corrected chi connectivity index (χ2v) is 7.57. The van der Waals surface area contributed by atoms with E-state index < -0.39 is 5.91 Å². The molecule has 4 rings (SSSR count). The van der Waals surface area contributed by atoms with E-state index in [0.717, 1.165) is 11.1 Å². The summed E-state index contributed by atoms with van der Waals surface area (Å²) in [6.07, 6.45) is 1.51. The standard InChI is InChI=1S/C25H24N2O5/c1-15-7-8-21(16(2)10-15)22-23(26-17-11-19(30-3)13-20(12-17)31-4)25(29)27(24(22)28)14-18-6-5-9-32-18/h5-13,26H,14H2,1-4H3. The van der Waals surface area contributed by atoms with Gasteiger partial charge in [0.05, 0.1) is 32.6 Å². The molecule has 0 atom stereocenters. The van der Waals surface area contributed by atoms with Crippen molar-refractivity contribution in [1.82, 2.24) is 4.90 Å². The van der Waals surface area contributed by atoms with E-state index in [0.29, 0.717) is 34.1 Å². The molecular formula is C25H24N2O5. The van der Waals surface area contributed by atoms with Gasteiger partial charge in [-0.1, -0.05) is 23.8 Å². The third kappa shape index (κ3) is 3.97. The summed E-state index contributed by atoms with van der Waals surface area (Å²) in [6.45, 7) is 3.96. The summed E-state index contributed by atoms with van der Waals surface area (Å²) in [7, 11) is 3.10. The van der Waals surface area contributed by atoms with Crippen molar-refractivity contribution in [1.29, 1.82) is 0 Å². The molecule has 0 radical (unpaired) electrons. The number of imide groups is 1. The maximum absolute atomic E-state index is 13.4. The average molecular weight is 432 g/mol. The Labute approximate surface area is 186 Å². The number of ether oxygens (including phenoxy) is 2. The van der Waals surface area contributed by atoms with Crippen LogP contribution in [0.5, 0.6) is 11.5 Å². The van der Waals surface area contributed by atoms with E-state index in [1.54, 1.807) is 44.6 Å². The number of carbonyl (C=O) groups excluding carboxylic acids is 2. The quantitative estimate of drug-likeness (QED) is 0.561. The number of anilines is 1. The largest absolute Gasteiger partial charge is 0.497 e. The molecule has 2 amide bonds. The Bertz CT molecular complexity index is 1190. The van der Waals surface area contributed by atoms with Crippen LogP contribution in [0.4, 0.5) is 5.69 Å². The zero-order valence-corrected chi connectivity index (χ0v) is 18.4. The number of benzene rings is 2. The number of methoxy groups -OCH3 is 2. The number of carbonyl (C=O) groups is 2. The molecule has 32 heavy (non-hydrogen) atoms. The van der Waals surface area contributed by atoms with Crippen LogP contribution in [0.3, 0.4) is 0 Å². The molecule has 0 unspecified atom stereocenters. The highest BCUT2D eigenvalue weighted by Gasteiger charge is 2.40. The summed E-state index contributed by atoms with van der Waals surface area (Å²) >= 11 is 0. The van der Waals surface area contributed by atoms with E-state index in [1.165, 1.54) is 11.2 Å². The van der Waals surface area contributed by atoms with E-state index in [4.69, 9.17) is 13.9 Å². The Morgan fingerprint density at radius 2 is 1.66 bits per heavy atom. The average Bonchev–Trinajstić information content (AvgIpc) is 3.37. The van der Waals surface area contributed by atoms with Gasteiger partial charge in [0.15, 0.2) is 0 Å². The zero-order chi connectivity index (χ0) is 22.8. The maximum Gasteiger partial charge on any atom is 0.278 e. The molecule has 0 saturated heterocycles. The number of furan rings is 1. The van der Waals surface area contributed by atoms with Crippen molar-refractivity contribution in [2.45, 2.75) is 20.4 Å². The molecule has 0 spiro atoms. The Morgan fingerprint density at radius 1 is 0.938 bits per heavy atom. The number of hydrogen-bond donors (Lipinski definition) is 1. The van der Waals surface area contributed by atoms with Crippen molar-refractivity contribution in [3.63, 3.8) is 0 Å². The van der Waals surface area contributed by atoms with Gasteiger partial charge in [0.2, 0.25) is 0 Å². The Kier molecular flexibility index (Phi) is 5.73. The van der Waals surface area contributed by atoms with Gasteiger partial charge in [-0.2, -0.15) is 0 Å². The van der Waals surface area contributed by atoms with Crippen molar-refractivity contribution in [2.24, 2.45) is 0 Å². The first-order valence-electron chi connectivity index (χ1n) is 10.1. The molecule has 0 saturated carbocycles. The van der Waals surface area contributed by atoms with Crippen LogP contribution in [0.25, 0.3) is 5.57 Å². The molecule has 7 nitrogen and oxygen atoms in total. The SMILES string of the molecule is COc1cc(NC2=C(c3ccc(C)cc3C)C(=O)N(Cc3ccco3)C2=O)cc(OC)c1. The van der Waals surface area contributed by atoms with Gasteiger partial charge in [-0.05, 0) is 37.1 Å². The molecule has 2 heterocycles. The minimum absolute atomic E-state index is 0.0473. The monoisotopic (exact) mass is 432 g/mol. The van der Waals surface area contributed by atoms with Crippen LogP contribution in [-0.2, 0) is 16.1 Å².